The van der Waals surface area contributed by atoms with E-state index in [0.29, 0.717) is 61.1 Å². The number of hydrogen-bond acceptors (Lipinski definition) is 14. The Morgan fingerprint density at radius 1 is 0.954 bits per heavy atom. The fourth-order valence-electron chi connectivity index (χ4n) is 8.13. The van der Waals surface area contributed by atoms with Crippen LogP contribution in [0.4, 0.5) is 11.5 Å². The molecule has 3 aromatic carbocycles. The van der Waals surface area contributed by atoms with Crippen molar-refractivity contribution < 1.29 is 38.2 Å². The molecule has 336 valence electrons. The molecule has 8 rings (SSSR count). The van der Waals surface area contributed by atoms with Crippen LogP contribution < -0.4 is 26.4 Å². The molecular formula is C46H49N11O8. The summed E-state index contributed by atoms with van der Waals surface area (Å²) in [6, 6.07) is 20.6. The van der Waals surface area contributed by atoms with Gasteiger partial charge < -0.3 is 35.6 Å². The molecule has 0 spiro atoms. The lowest BCUT2D eigenvalue weighted by Gasteiger charge is -2.32. The van der Waals surface area contributed by atoms with Crippen molar-refractivity contribution in [2.45, 2.75) is 37.8 Å². The quantitative estimate of drug-likeness (QED) is 0.0597. The highest BCUT2D eigenvalue weighted by Crippen LogP contribution is 2.36. The van der Waals surface area contributed by atoms with E-state index in [2.05, 4.69) is 25.9 Å². The lowest BCUT2D eigenvalue weighted by atomic mass is 10.0. The van der Waals surface area contributed by atoms with Gasteiger partial charge in [-0.15, -0.1) is 0 Å². The van der Waals surface area contributed by atoms with Crippen LogP contribution in [-0.2, 0) is 23.9 Å². The van der Waals surface area contributed by atoms with Crippen molar-refractivity contribution in [2.24, 2.45) is 0 Å². The van der Waals surface area contributed by atoms with Gasteiger partial charge in [0.1, 0.15) is 35.4 Å². The first-order valence-electron chi connectivity index (χ1n) is 21.4. The number of piperidine rings is 2. The summed E-state index contributed by atoms with van der Waals surface area (Å²) in [6.07, 6.45) is 6.54. The Kier molecular flexibility index (Phi) is 13.5. The van der Waals surface area contributed by atoms with Crippen molar-refractivity contribution in [1.82, 2.24) is 45.1 Å². The summed E-state index contributed by atoms with van der Waals surface area (Å²) in [4.78, 5) is 89.9. The lowest BCUT2D eigenvalue weighted by Crippen LogP contribution is -2.54. The van der Waals surface area contributed by atoms with Crippen LogP contribution in [0.2, 0.25) is 0 Å². The molecule has 0 bridgehead atoms. The number of nitrogens with zero attached hydrogens (tertiary/aromatic N) is 7. The third-order valence-corrected chi connectivity index (χ3v) is 11.4. The molecule has 1 unspecified atom stereocenters. The summed E-state index contributed by atoms with van der Waals surface area (Å²) in [6.45, 7) is 2.94. The van der Waals surface area contributed by atoms with E-state index in [4.69, 9.17) is 20.3 Å². The predicted octanol–water partition coefficient (Wildman–Crippen LogP) is 3.17. The van der Waals surface area contributed by atoms with Crippen molar-refractivity contribution in [2.75, 3.05) is 70.6 Å². The molecular weight excluding hydrogens is 835 g/mol. The summed E-state index contributed by atoms with van der Waals surface area (Å²) in [5, 5.41) is 13.5. The van der Waals surface area contributed by atoms with Crippen LogP contribution in [0.1, 0.15) is 52.4 Å². The summed E-state index contributed by atoms with van der Waals surface area (Å²) in [5.74, 6) is -1.12. The summed E-state index contributed by atoms with van der Waals surface area (Å²) in [7, 11) is 1.92. The summed E-state index contributed by atoms with van der Waals surface area (Å²) < 4.78 is 13.6. The number of nitrogens with one attached hydrogen (secondary N) is 3. The Morgan fingerprint density at radius 2 is 1.75 bits per heavy atom. The first kappa shape index (κ1) is 44.1. The summed E-state index contributed by atoms with van der Waals surface area (Å²) >= 11 is 0. The van der Waals surface area contributed by atoms with Crippen LogP contribution in [-0.4, -0.2) is 135 Å². The minimum atomic E-state index is -1.08. The van der Waals surface area contributed by atoms with Crippen LogP contribution in [0.25, 0.3) is 22.3 Å². The number of anilines is 2. The lowest BCUT2D eigenvalue weighted by molar-refractivity contribution is -0.136. The first-order chi connectivity index (χ1) is 31.5. The van der Waals surface area contributed by atoms with Gasteiger partial charge in [0.25, 0.3) is 11.8 Å². The fraction of sp³-hybridized carbons (Fsp3) is 0.326. The van der Waals surface area contributed by atoms with Crippen molar-refractivity contribution in [3.63, 3.8) is 0 Å². The van der Waals surface area contributed by atoms with Crippen LogP contribution in [0.15, 0.2) is 91.3 Å². The van der Waals surface area contributed by atoms with Gasteiger partial charge in [-0.2, -0.15) is 5.10 Å². The average molecular weight is 884 g/mol. The Morgan fingerprint density at radius 3 is 2.55 bits per heavy atom. The number of rotatable bonds is 17. The predicted molar refractivity (Wildman–Crippen MR) is 239 cm³/mol. The van der Waals surface area contributed by atoms with Gasteiger partial charge >= 0.3 is 0 Å². The molecule has 6 amide bonds. The third kappa shape index (κ3) is 10.0. The van der Waals surface area contributed by atoms with E-state index in [1.54, 1.807) is 18.2 Å². The molecule has 2 saturated heterocycles. The highest BCUT2D eigenvalue weighted by Gasteiger charge is 2.45. The van der Waals surface area contributed by atoms with Gasteiger partial charge in [-0.25, -0.2) is 14.6 Å². The topological polar surface area (TPSA) is 236 Å². The van der Waals surface area contributed by atoms with Gasteiger partial charge in [0.05, 0.1) is 42.3 Å². The standard InChI is InChI=1S/C46H49N11O8/c1-54(23-25-64-24-20-48-37(59)26-49-34-12-5-11-33-39(34)46(63)56(45(33)62)35-18-19-36(58)52-44(35)61)21-7-13-38(60)55-22-6-8-30(27-55)57-43-40(42(47)50-28-51-43)41(53-57)29-14-16-32(17-15-29)65-31-9-3-2-4-10-31/h2-5,7,9-17,28,30,35,49H,6,8,18-27H2,1H3,(H,48,59)(H2,47,50,51)(H,52,58,61)/b13-7+/t30-,35?/m1/s1. The van der Waals surface area contributed by atoms with E-state index >= 15 is 0 Å². The zero-order chi connectivity index (χ0) is 45.5. The van der Waals surface area contributed by atoms with E-state index in [1.165, 1.54) is 12.4 Å². The highest BCUT2D eigenvalue weighted by atomic mass is 16.5. The van der Waals surface area contributed by atoms with E-state index in [1.807, 2.05) is 82.2 Å². The molecule has 3 aliphatic rings. The smallest absolute Gasteiger partial charge is 0.264 e. The van der Waals surface area contributed by atoms with Crippen LogP contribution in [0.5, 0.6) is 11.5 Å². The van der Waals surface area contributed by atoms with E-state index in [-0.39, 0.29) is 67.2 Å². The number of ether oxygens (including phenoxy) is 2. The monoisotopic (exact) mass is 883 g/mol. The Hall–Kier alpha value is -7.51. The van der Waals surface area contributed by atoms with Gasteiger partial charge in [0.2, 0.25) is 23.6 Å². The van der Waals surface area contributed by atoms with Crippen molar-refractivity contribution in [1.29, 1.82) is 0 Å². The highest BCUT2D eigenvalue weighted by molar-refractivity contribution is 6.25. The Labute approximate surface area is 373 Å². The number of likely N-dealkylation sites (N-methyl/N-ethyl adjacent to an activating group) is 1. The molecule has 5 aromatic rings. The molecule has 5 heterocycles. The second-order valence-corrected chi connectivity index (χ2v) is 15.9. The first-order valence-corrected chi connectivity index (χ1v) is 21.4. The molecule has 19 heteroatoms. The average Bonchev–Trinajstić information content (AvgIpc) is 3.83. The number of carbonyl (C=O) groups excluding carboxylic acids is 6. The number of para-hydroxylation sites is 1. The normalized spacial score (nSPS) is 17.5. The molecule has 65 heavy (non-hydrogen) atoms. The molecule has 0 aliphatic carbocycles. The third-order valence-electron chi connectivity index (χ3n) is 11.4. The number of fused-ring (bicyclic) bond motifs is 2. The number of amides is 6. The minimum Gasteiger partial charge on any atom is -0.457 e. The molecule has 2 aromatic heterocycles. The second kappa shape index (κ2) is 19.9. The molecule has 0 radical (unpaired) electrons. The maximum absolute atomic E-state index is 13.4. The van der Waals surface area contributed by atoms with Gasteiger partial charge in [0, 0.05) is 56.5 Å². The molecule has 0 saturated carbocycles. The number of hydrogen-bond donors (Lipinski definition) is 4. The largest absolute Gasteiger partial charge is 0.457 e. The van der Waals surface area contributed by atoms with E-state index < -0.39 is 29.7 Å². The van der Waals surface area contributed by atoms with E-state index in [9.17, 15) is 28.8 Å². The SMILES string of the molecule is CN(C/C=C/C(=O)N1CCC[C@@H](n2nc(-c3ccc(Oc4ccccc4)cc3)c3c(N)ncnc32)C1)CCOCCNC(=O)CNc1cccc2c1C(=O)N(C1CCC(=O)NC1=O)C2=O. The van der Waals surface area contributed by atoms with Crippen molar-refractivity contribution >= 4 is 58.0 Å². The summed E-state index contributed by atoms with van der Waals surface area (Å²) in [5.41, 5.74) is 8.99. The van der Waals surface area contributed by atoms with Crippen LogP contribution in [0, 0.1) is 0 Å². The number of nitrogen functional groups attached to an aromatic ring is 1. The number of nitrogens with two attached hydrogens (primary N) is 1. The van der Waals surface area contributed by atoms with Crippen molar-refractivity contribution in [3.05, 3.63) is 102 Å². The minimum absolute atomic E-state index is 0.0177. The van der Waals surface area contributed by atoms with Crippen LogP contribution >= 0.6 is 0 Å². The Bertz CT molecular complexity index is 2630. The number of benzene rings is 3. The fourth-order valence-corrected chi connectivity index (χ4v) is 8.13. The Balaban J connectivity index is 0.754. The van der Waals surface area contributed by atoms with E-state index in [0.717, 1.165) is 29.1 Å². The molecule has 19 nitrogen and oxygen atoms in total. The van der Waals surface area contributed by atoms with Gasteiger partial charge in [-0.05, 0) is 74.8 Å². The zero-order valence-corrected chi connectivity index (χ0v) is 35.8. The van der Waals surface area contributed by atoms with Crippen molar-refractivity contribution in [3.8, 4) is 22.8 Å². The van der Waals surface area contributed by atoms with Gasteiger partial charge in [-0.1, -0.05) is 30.3 Å². The van der Waals surface area contributed by atoms with Crippen LogP contribution in [0.3, 0.4) is 0 Å². The maximum atomic E-state index is 13.4. The second-order valence-electron chi connectivity index (χ2n) is 15.9. The maximum Gasteiger partial charge on any atom is 0.264 e. The number of aromatic nitrogens is 4. The molecule has 2 atom stereocenters. The number of likely N-dealkylation sites (tertiary alicyclic amines) is 1. The van der Waals surface area contributed by atoms with Gasteiger partial charge in [-0.3, -0.25) is 39.0 Å². The number of imide groups is 2. The molecule has 3 aliphatic heterocycles. The number of carbonyl (C=O) groups is 6. The van der Waals surface area contributed by atoms with Gasteiger partial charge in [0.15, 0.2) is 5.65 Å². The molecule has 2 fully saturated rings. The zero-order valence-electron chi connectivity index (χ0n) is 35.8. The molecule has 5 N–H and O–H groups in total.